The van der Waals surface area contributed by atoms with Crippen molar-refractivity contribution in [2.24, 2.45) is 5.73 Å². The van der Waals surface area contributed by atoms with Crippen LogP contribution >= 0.6 is 0 Å². The second-order valence-corrected chi connectivity index (χ2v) is 4.55. The number of carboxylic acids is 1. The second kappa shape index (κ2) is 4.35. The zero-order valence-electron chi connectivity index (χ0n) is 10.5. The number of fused-ring (bicyclic) bond motifs is 2. The van der Waals surface area contributed by atoms with Crippen molar-refractivity contribution in [3.63, 3.8) is 0 Å². The van der Waals surface area contributed by atoms with Crippen molar-refractivity contribution < 1.29 is 14.7 Å². The molecule has 3 aromatic carbocycles. The van der Waals surface area contributed by atoms with Crippen LogP contribution in [0.25, 0.3) is 21.5 Å². The first-order chi connectivity index (χ1) is 9.59. The van der Waals surface area contributed by atoms with Crippen molar-refractivity contribution in [3.8, 4) is 0 Å². The van der Waals surface area contributed by atoms with Gasteiger partial charge in [-0.05, 0) is 28.3 Å². The molecule has 0 aliphatic carbocycles. The zero-order valence-corrected chi connectivity index (χ0v) is 10.5. The summed E-state index contributed by atoms with van der Waals surface area (Å²) in [6.07, 6.45) is 0. The number of hydrogen-bond acceptors (Lipinski definition) is 2. The molecule has 0 bridgehead atoms. The summed E-state index contributed by atoms with van der Waals surface area (Å²) in [5.41, 5.74) is 5.71. The summed E-state index contributed by atoms with van der Waals surface area (Å²) in [6, 6.07) is 14.1. The third-order valence-electron chi connectivity index (χ3n) is 3.37. The molecule has 4 nitrogen and oxygen atoms in total. The molecule has 4 heteroatoms. The van der Waals surface area contributed by atoms with E-state index in [1.54, 1.807) is 30.3 Å². The molecule has 98 valence electrons. The van der Waals surface area contributed by atoms with Crippen molar-refractivity contribution in [1.29, 1.82) is 0 Å². The minimum absolute atomic E-state index is 0.118. The highest BCUT2D eigenvalue weighted by Gasteiger charge is 2.18. The maximum Gasteiger partial charge on any atom is 0.336 e. The Labute approximate surface area is 114 Å². The Bertz CT molecular complexity index is 868. The van der Waals surface area contributed by atoms with Crippen LogP contribution in [0.4, 0.5) is 0 Å². The molecule has 0 saturated heterocycles. The van der Waals surface area contributed by atoms with Crippen molar-refractivity contribution in [3.05, 3.63) is 59.7 Å². The van der Waals surface area contributed by atoms with Gasteiger partial charge in [-0.15, -0.1) is 0 Å². The van der Waals surface area contributed by atoms with Gasteiger partial charge in [-0.1, -0.05) is 36.4 Å². The second-order valence-electron chi connectivity index (χ2n) is 4.55. The quantitative estimate of drug-likeness (QED) is 0.699. The predicted octanol–water partition coefficient (Wildman–Crippen LogP) is 2.79. The molecular weight excluding hydrogens is 254 g/mol. The van der Waals surface area contributed by atoms with E-state index in [2.05, 4.69) is 0 Å². The van der Waals surface area contributed by atoms with Crippen molar-refractivity contribution in [2.45, 2.75) is 0 Å². The van der Waals surface area contributed by atoms with Gasteiger partial charge in [-0.2, -0.15) is 0 Å². The Balaban J connectivity index is 2.63. The SMILES string of the molecule is NC(=O)c1cccc2cc3ccccc3c(C(=O)O)c12. The van der Waals surface area contributed by atoms with E-state index in [9.17, 15) is 14.7 Å². The number of amides is 1. The van der Waals surface area contributed by atoms with E-state index < -0.39 is 11.9 Å². The largest absolute Gasteiger partial charge is 0.478 e. The molecule has 3 N–H and O–H groups in total. The number of nitrogens with two attached hydrogens (primary N) is 1. The standard InChI is InChI=1S/C16H11NO3/c17-15(18)12-7-3-5-10-8-9-4-1-2-6-11(9)14(13(10)12)16(19)20/h1-8H,(H2,17,18)(H,19,20). The topological polar surface area (TPSA) is 80.4 Å². The van der Waals surface area contributed by atoms with Crippen molar-refractivity contribution in [2.75, 3.05) is 0 Å². The van der Waals surface area contributed by atoms with Crippen LogP contribution in [0, 0.1) is 0 Å². The smallest absolute Gasteiger partial charge is 0.336 e. The number of rotatable bonds is 2. The molecule has 0 unspecified atom stereocenters. The fourth-order valence-corrected chi connectivity index (χ4v) is 2.55. The lowest BCUT2D eigenvalue weighted by molar-refractivity contribution is 0.0701. The van der Waals surface area contributed by atoms with Crippen LogP contribution in [0.15, 0.2) is 48.5 Å². The molecule has 3 aromatic rings. The lowest BCUT2D eigenvalue weighted by Crippen LogP contribution is -2.13. The Morgan fingerprint density at radius 2 is 1.65 bits per heavy atom. The van der Waals surface area contributed by atoms with E-state index in [1.165, 1.54) is 0 Å². The van der Waals surface area contributed by atoms with Gasteiger partial charge in [0.1, 0.15) is 0 Å². The number of benzene rings is 3. The van der Waals surface area contributed by atoms with E-state index >= 15 is 0 Å². The van der Waals surface area contributed by atoms with E-state index in [1.807, 2.05) is 18.2 Å². The van der Waals surface area contributed by atoms with Crippen LogP contribution in [0.1, 0.15) is 20.7 Å². The highest BCUT2D eigenvalue weighted by Crippen LogP contribution is 2.30. The number of carbonyl (C=O) groups is 2. The molecule has 0 atom stereocenters. The van der Waals surface area contributed by atoms with E-state index in [4.69, 9.17) is 5.73 Å². The molecule has 1 amide bonds. The third kappa shape index (κ3) is 1.70. The number of aromatic carboxylic acids is 1. The Morgan fingerprint density at radius 3 is 2.35 bits per heavy atom. The molecule has 0 aliphatic rings. The van der Waals surface area contributed by atoms with Crippen LogP contribution in [-0.4, -0.2) is 17.0 Å². The number of hydrogen-bond donors (Lipinski definition) is 2. The fourth-order valence-electron chi connectivity index (χ4n) is 2.55. The number of carboxylic acid groups (broad SMARTS) is 1. The molecule has 0 heterocycles. The Kier molecular flexibility index (Phi) is 2.64. The van der Waals surface area contributed by atoms with Gasteiger partial charge in [0.2, 0.25) is 5.91 Å². The zero-order chi connectivity index (χ0) is 14.3. The maximum absolute atomic E-state index is 11.7. The number of primary amides is 1. The summed E-state index contributed by atoms with van der Waals surface area (Å²) in [4.78, 5) is 23.2. The first-order valence-electron chi connectivity index (χ1n) is 6.07. The summed E-state index contributed by atoms with van der Waals surface area (Å²) in [5, 5.41) is 12.0. The van der Waals surface area contributed by atoms with Gasteiger partial charge in [-0.25, -0.2) is 4.79 Å². The van der Waals surface area contributed by atoms with E-state index in [0.717, 1.165) is 5.39 Å². The lowest BCUT2D eigenvalue weighted by Gasteiger charge is -2.10. The Morgan fingerprint density at radius 1 is 0.950 bits per heavy atom. The van der Waals surface area contributed by atoms with Gasteiger partial charge in [-0.3, -0.25) is 4.79 Å². The molecule has 3 rings (SSSR count). The molecule has 20 heavy (non-hydrogen) atoms. The highest BCUT2D eigenvalue weighted by molar-refractivity contribution is 6.21. The number of carbonyl (C=O) groups excluding carboxylic acids is 1. The first kappa shape index (κ1) is 12.2. The van der Waals surface area contributed by atoms with Gasteiger partial charge in [0.25, 0.3) is 0 Å². The van der Waals surface area contributed by atoms with Crippen LogP contribution in [0.3, 0.4) is 0 Å². The van der Waals surface area contributed by atoms with Gasteiger partial charge < -0.3 is 10.8 Å². The van der Waals surface area contributed by atoms with Crippen LogP contribution < -0.4 is 5.73 Å². The molecule has 0 saturated carbocycles. The van der Waals surface area contributed by atoms with E-state index in [0.29, 0.717) is 16.2 Å². The highest BCUT2D eigenvalue weighted by atomic mass is 16.4. The van der Waals surface area contributed by atoms with Crippen molar-refractivity contribution >= 4 is 33.4 Å². The van der Waals surface area contributed by atoms with Crippen molar-refractivity contribution in [1.82, 2.24) is 0 Å². The summed E-state index contributed by atoms with van der Waals surface area (Å²) in [7, 11) is 0. The van der Waals surface area contributed by atoms with Crippen LogP contribution in [-0.2, 0) is 0 Å². The molecule has 0 aliphatic heterocycles. The fraction of sp³-hybridized carbons (Fsp3) is 0. The normalized spacial score (nSPS) is 10.8. The maximum atomic E-state index is 11.7. The summed E-state index contributed by atoms with van der Waals surface area (Å²) >= 11 is 0. The van der Waals surface area contributed by atoms with Gasteiger partial charge in [0, 0.05) is 10.9 Å². The minimum atomic E-state index is -1.07. The molecule has 0 radical (unpaired) electrons. The Hall–Kier alpha value is -2.88. The summed E-state index contributed by atoms with van der Waals surface area (Å²) in [6.45, 7) is 0. The van der Waals surface area contributed by atoms with E-state index in [-0.39, 0.29) is 11.1 Å². The molecule has 0 spiro atoms. The summed E-state index contributed by atoms with van der Waals surface area (Å²) < 4.78 is 0. The minimum Gasteiger partial charge on any atom is -0.478 e. The summed E-state index contributed by atoms with van der Waals surface area (Å²) in [5.74, 6) is -1.70. The lowest BCUT2D eigenvalue weighted by atomic mass is 9.93. The average molecular weight is 265 g/mol. The monoisotopic (exact) mass is 265 g/mol. The van der Waals surface area contributed by atoms with Gasteiger partial charge in [0.05, 0.1) is 5.56 Å². The van der Waals surface area contributed by atoms with Gasteiger partial charge in [0.15, 0.2) is 0 Å². The first-order valence-corrected chi connectivity index (χ1v) is 6.07. The molecular formula is C16H11NO3. The van der Waals surface area contributed by atoms with Crippen LogP contribution in [0.5, 0.6) is 0 Å². The molecule has 0 fully saturated rings. The molecule has 0 aromatic heterocycles. The predicted molar refractivity (Wildman–Crippen MR) is 76.9 cm³/mol. The average Bonchev–Trinajstić information content (AvgIpc) is 2.43. The third-order valence-corrected chi connectivity index (χ3v) is 3.37. The van der Waals surface area contributed by atoms with Gasteiger partial charge >= 0.3 is 5.97 Å². The van der Waals surface area contributed by atoms with Crippen LogP contribution in [0.2, 0.25) is 0 Å².